The summed E-state index contributed by atoms with van der Waals surface area (Å²) in [5.74, 6) is 0. The Morgan fingerprint density at radius 1 is 1.39 bits per heavy atom. The first-order valence-corrected chi connectivity index (χ1v) is 8.70. The van der Waals surface area contributed by atoms with Crippen LogP contribution in [0, 0.1) is 0 Å². The van der Waals surface area contributed by atoms with Gasteiger partial charge in [0.15, 0.2) is 0 Å². The number of amides is 2. The Bertz CT molecular complexity index is 633. The van der Waals surface area contributed by atoms with E-state index in [4.69, 9.17) is 4.74 Å². The highest BCUT2D eigenvalue weighted by atomic mass is 32.1. The summed E-state index contributed by atoms with van der Waals surface area (Å²) in [5.41, 5.74) is 2.19. The van der Waals surface area contributed by atoms with E-state index >= 15 is 0 Å². The number of nitrogens with zero attached hydrogens (tertiary/aromatic N) is 2. The average Bonchev–Trinajstić information content (AvgIpc) is 3.09. The van der Waals surface area contributed by atoms with Crippen molar-refractivity contribution >= 4 is 17.4 Å². The Morgan fingerprint density at radius 2 is 2.17 bits per heavy atom. The molecule has 6 heteroatoms. The zero-order valence-corrected chi connectivity index (χ0v) is 14.1. The van der Waals surface area contributed by atoms with Crippen LogP contribution in [0.4, 0.5) is 4.79 Å². The summed E-state index contributed by atoms with van der Waals surface area (Å²) in [6.07, 6.45) is 3.45. The molecule has 0 saturated carbocycles. The van der Waals surface area contributed by atoms with E-state index < -0.39 is 0 Å². The summed E-state index contributed by atoms with van der Waals surface area (Å²) in [5, 5.41) is 7.18. The quantitative estimate of drug-likeness (QED) is 0.938. The van der Waals surface area contributed by atoms with Crippen LogP contribution in [-0.4, -0.2) is 35.1 Å². The molecule has 0 aliphatic carbocycles. The van der Waals surface area contributed by atoms with Gasteiger partial charge in [-0.25, -0.2) is 4.79 Å². The van der Waals surface area contributed by atoms with Crippen LogP contribution in [0.5, 0.6) is 0 Å². The first-order valence-electron chi connectivity index (χ1n) is 7.76. The zero-order chi connectivity index (χ0) is 16.2. The number of hydrogen-bond acceptors (Lipinski definition) is 4. The second-order valence-electron chi connectivity index (χ2n) is 5.85. The SMILES string of the molecule is C[C@@H]1CN(C(=O)N[C@H](C)c2ccncc2)C[C@H](c2ccsc2)O1. The van der Waals surface area contributed by atoms with Crippen molar-refractivity contribution in [3.8, 4) is 0 Å². The first-order chi connectivity index (χ1) is 11.1. The van der Waals surface area contributed by atoms with Crippen LogP contribution in [0.1, 0.15) is 37.1 Å². The lowest BCUT2D eigenvalue weighted by Gasteiger charge is -2.37. The molecule has 0 bridgehead atoms. The number of nitrogens with one attached hydrogen (secondary N) is 1. The molecular weight excluding hydrogens is 310 g/mol. The summed E-state index contributed by atoms with van der Waals surface area (Å²) < 4.78 is 5.98. The van der Waals surface area contributed by atoms with Crippen molar-refractivity contribution in [1.29, 1.82) is 0 Å². The van der Waals surface area contributed by atoms with E-state index in [0.29, 0.717) is 13.1 Å². The third-order valence-electron chi connectivity index (χ3n) is 4.01. The van der Waals surface area contributed by atoms with Crippen molar-refractivity contribution in [2.75, 3.05) is 13.1 Å². The molecule has 1 aliphatic heterocycles. The van der Waals surface area contributed by atoms with Gasteiger partial charge in [0.25, 0.3) is 0 Å². The molecule has 3 rings (SSSR count). The lowest BCUT2D eigenvalue weighted by Crippen LogP contribution is -2.50. The van der Waals surface area contributed by atoms with Crippen molar-refractivity contribution in [2.24, 2.45) is 0 Å². The minimum absolute atomic E-state index is 0.0237. The highest BCUT2D eigenvalue weighted by molar-refractivity contribution is 7.07. The fraction of sp³-hybridized carbons (Fsp3) is 0.412. The van der Waals surface area contributed by atoms with Gasteiger partial charge in [0.05, 0.1) is 18.7 Å². The molecule has 0 spiro atoms. The van der Waals surface area contributed by atoms with E-state index in [1.807, 2.05) is 36.3 Å². The molecule has 2 aromatic rings. The summed E-state index contributed by atoms with van der Waals surface area (Å²) in [7, 11) is 0. The first kappa shape index (κ1) is 16.0. The van der Waals surface area contributed by atoms with Gasteiger partial charge in [0, 0.05) is 18.9 Å². The number of thiophene rings is 1. The standard InChI is InChI=1S/C17H21N3O2S/c1-12-9-20(10-16(22-12)15-5-8-23-11-15)17(21)19-13(2)14-3-6-18-7-4-14/h3-8,11-13,16H,9-10H2,1-2H3,(H,19,21)/t12-,13-,16-/m1/s1. The highest BCUT2D eigenvalue weighted by Gasteiger charge is 2.30. The lowest BCUT2D eigenvalue weighted by molar-refractivity contribution is -0.0657. The number of hydrogen-bond donors (Lipinski definition) is 1. The van der Waals surface area contributed by atoms with Crippen LogP contribution in [-0.2, 0) is 4.74 Å². The van der Waals surface area contributed by atoms with Gasteiger partial charge in [-0.05, 0) is 53.9 Å². The monoisotopic (exact) mass is 331 g/mol. The van der Waals surface area contributed by atoms with E-state index in [2.05, 4.69) is 21.7 Å². The van der Waals surface area contributed by atoms with Crippen molar-refractivity contribution in [2.45, 2.75) is 32.1 Å². The normalized spacial score (nSPS) is 22.6. The molecule has 5 nitrogen and oxygen atoms in total. The number of urea groups is 1. The van der Waals surface area contributed by atoms with E-state index in [0.717, 1.165) is 11.1 Å². The minimum atomic E-state index is -0.0525. The second-order valence-corrected chi connectivity index (χ2v) is 6.63. The number of ether oxygens (including phenoxy) is 1. The number of pyridine rings is 1. The van der Waals surface area contributed by atoms with Gasteiger partial charge in [-0.3, -0.25) is 4.98 Å². The van der Waals surface area contributed by atoms with E-state index in [1.54, 1.807) is 23.7 Å². The molecule has 1 fully saturated rings. The third-order valence-corrected chi connectivity index (χ3v) is 4.71. The van der Waals surface area contributed by atoms with Crippen LogP contribution in [0.15, 0.2) is 41.4 Å². The van der Waals surface area contributed by atoms with E-state index in [9.17, 15) is 4.79 Å². The molecule has 3 heterocycles. The Morgan fingerprint density at radius 3 is 2.87 bits per heavy atom. The van der Waals surface area contributed by atoms with Gasteiger partial charge < -0.3 is 15.0 Å². The van der Waals surface area contributed by atoms with Gasteiger partial charge in [0.1, 0.15) is 6.10 Å². The second kappa shape index (κ2) is 7.10. The Hall–Kier alpha value is -1.92. The Balaban J connectivity index is 1.64. The maximum atomic E-state index is 12.6. The van der Waals surface area contributed by atoms with Gasteiger partial charge in [-0.1, -0.05) is 0 Å². The van der Waals surface area contributed by atoms with Crippen LogP contribution >= 0.6 is 11.3 Å². The molecule has 122 valence electrons. The van der Waals surface area contributed by atoms with Crippen LogP contribution in [0.25, 0.3) is 0 Å². The van der Waals surface area contributed by atoms with Crippen molar-refractivity contribution in [3.63, 3.8) is 0 Å². The zero-order valence-electron chi connectivity index (χ0n) is 13.3. The number of aromatic nitrogens is 1. The molecule has 23 heavy (non-hydrogen) atoms. The van der Waals surface area contributed by atoms with Gasteiger partial charge in [0.2, 0.25) is 0 Å². The number of carbonyl (C=O) groups excluding carboxylic acids is 1. The molecule has 2 amide bonds. The topological polar surface area (TPSA) is 54.5 Å². The summed E-state index contributed by atoms with van der Waals surface area (Å²) in [4.78, 5) is 18.4. The largest absolute Gasteiger partial charge is 0.367 e. The fourth-order valence-electron chi connectivity index (χ4n) is 2.77. The van der Waals surface area contributed by atoms with Gasteiger partial charge in [-0.15, -0.1) is 0 Å². The molecule has 0 aromatic carbocycles. The fourth-order valence-corrected chi connectivity index (χ4v) is 3.47. The molecule has 0 unspecified atom stereocenters. The van der Waals surface area contributed by atoms with Gasteiger partial charge in [-0.2, -0.15) is 11.3 Å². The lowest BCUT2D eigenvalue weighted by atomic mass is 10.1. The Kier molecular flexibility index (Phi) is 4.93. The predicted molar refractivity (Wildman–Crippen MR) is 90.4 cm³/mol. The predicted octanol–water partition coefficient (Wildman–Crippen LogP) is 3.38. The minimum Gasteiger partial charge on any atom is -0.367 e. The van der Waals surface area contributed by atoms with E-state index in [1.165, 1.54) is 0 Å². The molecule has 1 aliphatic rings. The van der Waals surface area contributed by atoms with Crippen LogP contribution < -0.4 is 5.32 Å². The maximum Gasteiger partial charge on any atom is 0.318 e. The van der Waals surface area contributed by atoms with Crippen molar-refractivity contribution in [1.82, 2.24) is 15.2 Å². The van der Waals surface area contributed by atoms with Crippen molar-refractivity contribution in [3.05, 3.63) is 52.5 Å². The van der Waals surface area contributed by atoms with Gasteiger partial charge >= 0.3 is 6.03 Å². The van der Waals surface area contributed by atoms with Crippen molar-refractivity contribution < 1.29 is 9.53 Å². The Labute approximate surface area is 140 Å². The molecule has 2 aromatic heterocycles. The molecule has 3 atom stereocenters. The average molecular weight is 331 g/mol. The molecular formula is C17H21N3O2S. The summed E-state index contributed by atoms with van der Waals surface area (Å²) >= 11 is 1.65. The summed E-state index contributed by atoms with van der Waals surface area (Å²) in [6.45, 7) is 5.17. The number of rotatable bonds is 3. The number of morpholine rings is 1. The van der Waals surface area contributed by atoms with E-state index in [-0.39, 0.29) is 24.3 Å². The smallest absolute Gasteiger partial charge is 0.318 e. The molecule has 1 N–H and O–H groups in total. The maximum absolute atomic E-state index is 12.6. The molecule has 1 saturated heterocycles. The van der Waals surface area contributed by atoms with Crippen LogP contribution in [0.2, 0.25) is 0 Å². The van der Waals surface area contributed by atoms with Crippen LogP contribution in [0.3, 0.4) is 0 Å². The molecule has 0 radical (unpaired) electrons. The highest BCUT2D eigenvalue weighted by Crippen LogP contribution is 2.27. The summed E-state index contributed by atoms with van der Waals surface area (Å²) in [6, 6.07) is 5.79. The number of carbonyl (C=O) groups is 1. The third kappa shape index (κ3) is 3.89.